The summed E-state index contributed by atoms with van der Waals surface area (Å²) >= 11 is 0. The van der Waals surface area contributed by atoms with E-state index in [2.05, 4.69) is 10.0 Å². The Hall–Kier alpha value is -1.56. The van der Waals surface area contributed by atoms with E-state index in [1.54, 1.807) is 36.4 Å². The van der Waals surface area contributed by atoms with Crippen molar-refractivity contribution in [2.24, 2.45) is 0 Å². The van der Waals surface area contributed by atoms with Crippen molar-refractivity contribution >= 4 is 28.1 Å². The van der Waals surface area contributed by atoms with Crippen molar-refractivity contribution in [3.63, 3.8) is 0 Å². The van der Waals surface area contributed by atoms with Crippen LogP contribution < -0.4 is 10.0 Å². The Balaban J connectivity index is 0.00000161. The monoisotopic (exact) mass is 324 g/mol. The molecule has 3 rings (SSSR count). The molecule has 21 heavy (non-hydrogen) atoms. The van der Waals surface area contributed by atoms with Crippen molar-refractivity contribution < 1.29 is 8.42 Å². The van der Waals surface area contributed by atoms with Crippen molar-refractivity contribution in [2.75, 3.05) is 11.3 Å². The highest BCUT2D eigenvalue weighted by Gasteiger charge is 2.17. The molecule has 0 aromatic heterocycles. The first-order valence-electron chi connectivity index (χ1n) is 6.55. The molecule has 0 atom stereocenters. The van der Waals surface area contributed by atoms with E-state index in [1.807, 2.05) is 12.1 Å². The Morgan fingerprint density at radius 3 is 2.52 bits per heavy atom. The van der Waals surface area contributed by atoms with Crippen molar-refractivity contribution in [2.45, 2.75) is 17.9 Å². The highest BCUT2D eigenvalue weighted by Crippen LogP contribution is 2.21. The Morgan fingerprint density at radius 1 is 1.00 bits per heavy atom. The lowest BCUT2D eigenvalue weighted by Crippen LogP contribution is -2.24. The predicted molar refractivity (Wildman–Crippen MR) is 86.4 cm³/mol. The van der Waals surface area contributed by atoms with Gasteiger partial charge < -0.3 is 5.32 Å². The number of anilines is 1. The van der Waals surface area contributed by atoms with Crippen LogP contribution in [-0.2, 0) is 23.0 Å². The van der Waals surface area contributed by atoms with Gasteiger partial charge in [0.2, 0.25) is 0 Å². The third kappa shape index (κ3) is 3.56. The van der Waals surface area contributed by atoms with Gasteiger partial charge in [-0.25, -0.2) is 8.42 Å². The first-order valence-corrected chi connectivity index (χ1v) is 8.04. The van der Waals surface area contributed by atoms with Crippen LogP contribution in [0.2, 0.25) is 0 Å². The average molecular weight is 325 g/mol. The first kappa shape index (κ1) is 15.8. The Kier molecular flexibility index (Phi) is 4.88. The topological polar surface area (TPSA) is 58.2 Å². The molecule has 1 aliphatic heterocycles. The van der Waals surface area contributed by atoms with Gasteiger partial charge in [0, 0.05) is 12.2 Å². The molecule has 0 aliphatic carbocycles. The maximum atomic E-state index is 12.4. The molecule has 0 saturated carbocycles. The van der Waals surface area contributed by atoms with Gasteiger partial charge in [0.25, 0.3) is 10.0 Å². The van der Waals surface area contributed by atoms with Crippen LogP contribution in [0.15, 0.2) is 53.4 Å². The molecule has 0 radical (unpaired) electrons. The van der Waals surface area contributed by atoms with Crippen LogP contribution in [0.3, 0.4) is 0 Å². The second kappa shape index (κ2) is 6.47. The van der Waals surface area contributed by atoms with Crippen LogP contribution in [0.1, 0.15) is 11.1 Å². The average Bonchev–Trinajstić information content (AvgIpc) is 2.47. The summed E-state index contributed by atoms with van der Waals surface area (Å²) < 4.78 is 27.3. The van der Waals surface area contributed by atoms with Crippen molar-refractivity contribution in [3.05, 3.63) is 59.7 Å². The summed E-state index contributed by atoms with van der Waals surface area (Å²) in [5.41, 5.74) is 2.86. The van der Waals surface area contributed by atoms with Crippen molar-refractivity contribution in [1.82, 2.24) is 5.32 Å². The van der Waals surface area contributed by atoms with E-state index in [1.165, 1.54) is 5.56 Å². The largest absolute Gasteiger partial charge is 0.312 e. The summed E-state index contributed by atoms with van der Waals surface area (Å²) in [6, 6.07) is 14.3. The fourth-order valence-corrected chi connectivity index (χ4v) is 3.45. The Labute approximate surface area is 131 Å². The summed E-state index contributed by atoms with van der Waals surface area (Å²) in [5, 5.41) is 3.25. The molecule has 0 saturated heterocycles. The standard InChI is InChI=1S/C15H16N2O2S.ClH/c18-20(19,17-14-4-2-1-3-5-14)15-7-6-12-8-9-16-11-13(12)10-15;/h1-7,10,16-17H,8-9,11H2;1H. The van der Waals surface area contributed by atoms with Gasteiger partial charge in [-0.1, -0.05) is 24.3 Å². The lowest BCUT2D eigenvalue weighted by molar-refractivity contribution is 0.599. The molecule has 0 bridgehead atoms. The quantitative estimate of drug-likeness (QED) is 0.912. The fraction of sp³-hybridized carbons (Fsp3) is 0.200. The van der Waals surface area contributed by atoms with Crippen LogP contribution in [0, 0.1) is 0 Å². The van der Waals surface area contributed by atoms with E-state index in [0.717, 1.165) is 25.1 Å². The molecule has 0 fully saturated rings. The lowest BCUT2D eigenvalue weighted by atomic mass is 10.0. The van der Waals surface area contributed by atoms with Crippen LogP contribution in [-0.4, -0.2) is 15.0 Å². The molecule has 6 heteroatoms. The molecule has 0 spiro atoms. The molecule has 2 aromatic rings. The lowest BCUT2D eigenvalue weighted by Gasteiger charge is -2.18. The van der Waals surface area contributed by atoms with Crippen LogP contribution >= 0.6 is 12.4 Å². The number of benzene rings is 2. The summed E-state index contributed by atoms with van der Waals surface area (Å²) in [6.45, 7) is 1.67. The fourth-order valence-electron chi connectivity index (χ4n) is 2.34. The van der Waals surface area contributed by atoms with Crippen LogP contribution in [0.25, 0.3) is 0 Å². The van der Waals surface area contributed by atoms with Gasteiger partial charge >= 0.3 is 0 Å². The number of rotatable bonds is 3. The van der Waals surface area contributed by atoms with Gasteiger partial charge in [0.15, 0.2) is 0 Å². The van der Waals surface area contributed by atoms with E-state index in [-0.39, 0.29) is 12.4 Å². The van der Waals surface area contributed by atoms with Crippen molar-refractivity contribution in [1.29, 1.82) is 0 Å². The predicted octanol–water partition coefficient (Wildman–Crippen LogP) is 2.55. The minimum Gasteiger partial charge on any atom is -0.312 e. The van der Waals surface area contributed by atoms with Gasteiger partial charge in [-0.3, -0.25) is 4.72 Å². The Bertz CT molecular complexity index is 718. The highest BCUT2D eigenvalue weighted by molar-refractivity contribution is 7.92. The third-order valence-electron chi connectivity index (χ3n) is 3.40. The van der Waals surface area contributed by atoms with E-state index < -0.39 is 10.0 Å². The van der Waals surface area contributed by atoms with Gasteiger partial charge in [0.1, 0.15) is 0 Å². The van der Waals surface area contributed by atoms with Gasteiger partial charge in [-0.05, 0) is 48.4 Å². The Morgan fingerprint density at radius 2 is 1.76 bits per heavy atom. The zero-order valence-electron chi connectivity index (χ0n) is 11.4. The number of hydrogen-bond acceptors (Lipinski definition) is 3. The molecular weight excluding hydrogens is 308 g/mol. The SMILES string of the molecule is Cl.O=S(=O)(Nc1ccccc1)c1ccc2c(c1)CNCC2. The highest BCUT2D eigenvalue weighted by atomic mass is 35.5. The molecule has 1 aliphatic rings. The molecular formula is C15H17ClN2O2S. The van der Waals surface area contributed by atoms with Gasteiger partial charge in [0.05, 0.1) is 4.90 Å². The maximum Gasteiger partial charge on any atom is 0.261 e. The molecule has 4 nitrogen and oxygen atoms in total. The normalized spacial score (nSPS) is 13.9. The smallest absolute Gasteiger partial charge is 0.261 e. The summed E-state index contributed by atoms with van der Waals surface area (Å²) in [5.74, 6) is 0. The number of hydrogen-bond donors (Lipinski definition) is 2. The molecule has 0 amide bonds. The van der Waals surface area contributed by atoms with Gasteiger partial charge in [-0.15, -0.1) is 12.4 Å². The van der Waals surface area contributed by atoms with Crippen molar-refractivity contribution in [3.8, 4) is 0 Å². The second-order valence-corrected chi connectivity index (χ2v) is 6.51. The first-order chi connectivity index (χ1) is 9.65. The number of para-hydroxylation sites is 1. The minimum absolute atomic E-state index is 0. The summed E-state index contributed by atoms with van der Waals surface area (Å²) in [4.78, 5) is 0.309. The van der Waals surface area contributed by atoms with E-state index in [0.29, 0.717) is 10.6 Å². The zero-order valence-corrected chi connectivity index (χ0v) is 13.0. The molecule has 1 heterocycles. The minimum atomic E-state index is -3.52. The van der Waals surface area contributed by atoms with E-state index >= 15 is 0 Å². The second-order valence-electron chi connectivity index (χ2n) is 4.83. The molecule has 2 aromatic carbocycles. The third-order valence-corrected chi connectivity index (χ3v) is 4.78. The molecule has 2 N–H and O–H groups in total. The summed E-state index contributed by atoms with van der Waals surface area (Å²) in [6.07, 6.45) is 0.946. The van der Waals surface area contributed by atoms with Crippen LogP contribution in [0.5, 0.6) is 0 Å². The maximum absolute atomic E-state index is 12.4. The summed E-state index contributed by atoms with van der Waals surface area (Å²) in [7, 11) is -3.52. The van der Waals surface area contributed by atoms with Crippen LogP contribution in [0.4, 0.5) is 5.69 Å². The number of nitrogens with one attached hydrogen (secondary N) is 2. The van der Waals surface area contributed by atoms with E-state index in [4.69, 9.17) is 0 Å². The number of fused-ring (bicyclic) bond motifs is 1. The van der Waals surface area contributed by atoms with E-state index in [9.17, 15) is 8.42 Å². The number of halogens is 1. The zero-order chi connectivity index (χ0) is 14.0. The number of sulfonamides is 1. The molecule has 112 valence electrons. The molecule has 0 unspecified atom stereocenters. The van der Waals surface area contributed by atoms with Gasteiger partial charge in [-0.2, -0.15) is 0 Å².